The molecular weight excluding hydrogens is 285 g/mol. The fourth-order valence-corrected chi connectivity index (χ4v) is 1.61. The minimum atomic E-state index is -4.47. The van der Waals surface area contributed by atoms with Crippen molar-refractivity contribution in [2.24, 2.45) is 0 Å². The maximum atomic E-state index is 12.8. The van der Waals surface area contributed by atoms with Crippen LogP contribution in [0.4, 0.5) is 19.0 Å². The minimum absolute atomic E-state index is 0.0772. The van der Waals surface area contributed by atoms with Gasteiger partial charge in [-0.05, 0) is 30.3 Å². The molecule has 112 valence electrons. The third kappa shape index (κ3) is 3.77. The average Bonchev–Trinajstić information content (AvgIpc) is 2.46. The summed E-state index contributed by atoms with van der Waals surface area (Å²) in [4.78, 5) is 3.94. The molecule has 0 unspecified atom stereocenters. The van der Waals surface area contributed by atoms with Crippen molar-refractivity contribution in [2.45, 2.75) is 6.18 Å². The van der Waals surface area contributed by atoms with Crippen LogP contribution < -0.4 is 14.8 Å². The summed E-state index contributed by atoms with van der Waals surface area (Å²) in [6.07, 6.45) is -4.47. The first-order valence-corrected chi connectivity index (χ1v) is 6.01. The van der Waals surface area contributed by atoms with Gasteiger partial charge in [-0.2, -0.15) is 18.2 Å². The Kier molecular flexibility index (Phi) is 4.21. The van der Waals surface area contributed by atoms with Crippen LogP contribution in [0.3, 0.4) is 0 Å². The second-order valence-electron chi connectivity index (χ2n) is 4.10. The molecule has 1 heterocycles. The van der Waals surface area contributed by atoms with Gasteiger partial charge >= 0.3 is 6.18 Å². The number of alkyl halides is 3. The standard InChI is InChI=1S/C14H13F3N2O2/c1-18-12-7-9(14(15,16)17)8-13(19-12)21-11-5-3-10(20-2)4-6-11/h3-8H,1-2H3,(H,18,19). The number of methoxy groups -OCH3 is 1. The Balaban J connectivity index is 2.29. The van der Waals surface area contributed by atoms with Gasteiger partial charge in [-0.15, -0.1) is 0 Å². The lowest BCUT2D eigenvalue weighted by Gasteiger charge is -2.12. The first-order valence-electron chi connectivity index (χ1n) is 6.01. The smallest absolute Gasteiger partial charge is 0.416 e. The van der Waals surface area contributed by atoms with E-state index in [0.717, 1.165) is 12.1 Å². The van der Waals surface area contributed by atoms with E-state index in [4.69, 9.17) is 9.47 Å². The number of rotatable bonds is 4. The van der Waals surface area contributed by atoms with Gasteiger partial charge < -0.3 is 14.8 Å². The molecule has 1 aromatic heterocycles. The Morgan fingerprint density at radius 2 is 1.67 bits per heavy atom. The summed E-state index contributed by atoms with van der Waals surface area (Å²) in [6, 6.07) is 8.22. The van der Waals surface area contributed by atoms with Crippen LogP contribution in [0.25, 0.3) is 0 Å². The Hall–Kier alpha value is -2.44. The molecule has 0 fully saturated rings. The van der Waals surface area contributed by atoms with Crippen LogP contribution in [-0.2, 0) is 6.18 Å². The fourth-order valence-electron chi connectivity index (χ4n) is 1.61. The highest BCUT2D eigenvalue weighted by Crippen LogP contribution is 2.33. The second-order valence-corrected chi connectivity index (χ2v) is 4.10. The normalized spacial score (nSPS) is 11.1. The maximum absolute atomic E-state index is 12.8. The molecule has 2 rings (SSSR count). The summed E-state index contributed by atoms with van der Waals surface area (Å²) in [6.45, 7) is 0. The molecule has 0 spiro atoms. The molecule has 2 aromatic rings. The number of hydrogen-bond donors (Lipinski definition) is 1. The molecule has 0 radical (unpaired) electrons. The van der Waals surface area contributed by atoms with Crippen LogP contribution in [0.1, 0.15) is 5.56 Å². The Morgan fingerprint density at radius 3 is 2.19 bits per heavy atom. The van der Waals surface area contributed by atoms with Gasteiger partial charge in [0.2, 0.25) is 5.88 Å². The molecule has 1 aromatic carbocycles. The first-order chi connectivity index (χ1) is 9.92. The topological polar surface area (TPSA) is 43.4 Å². The second kappa shape index (κ2) is 5.90. The lowest BCUT2D eigenvalue weighted by Crippen LogP contribution is -2.07. The van der Waals surface area contributed by atoms with Gasteiger partial charge in [0.1, 0.15) is 17.3 Å². The summed E-state index contributed by atoms with van der Waals surface area (Å²) in [5, 5.41) is 2.57. The van der Waals surface area contributed by atoms with Crippen LogP contribution in [0.15, 0.2) is 36.4 Å². The molecule has 0 saturated heterocycles. The molecule has 21 heavy (non-hydrogen) atoms. The number of ether oxygens (including phenoxy) is 2. The van der Waals surface area contributed by atoms with Gasteiger partial charge in [0.15, 0.2) is 0 Å². The van der Waals surface area contributed by atoms with Crippen molar-refractivity contribution in [3.8, 4) is 17.4 Å². The summed E-state index contributed by atoms with van der Waals surface area (Å²) < 4.78 is 48.7. The van der Waals surface area contributed by atoms with E-state index in [1.54, 1.807) is 24.3 Å². The average molecular weight is 298 g/mol. The molecule has 0 aliphatic carbocycles. The van der Waals surface area contributed by atoms with E-state index < -0.39 is 11.7 Å². The molecule has 0 bridgehead atoms. The first kappa shape index (κ1) is 15.0. The molecule has 0 aliphatic rings. The molecule has 0 aliphatic heterocycles. The van der Waals surface area contributed by atoms with Crippen LogP contribution in [-0.4, -0.2) is 19.1 Å². The number of aromatic nitrogens is 1. The van der Waals surface area contributed by atoms with Crippen molar-refractivity contribution in [1.82, 2.24) is 4.98 Å². The third-order valence-electron chi connectivity index (χ3n) is 2.67. The van der Waals surface area contributed by atoms with Crippen molar-refractivity contribution < 1.29 is 22.6 Å². The quantitative estimate of drug-likeness (QED) is 0.928. The van der Waals surface area contributed by atoms with E-state index in [9.17, 15) is 13.2 Å². The van der Waals surface area contributed by atoms with Gasteiger partial charge in [-0.3, -0.25) is 0 Å². The van der Waals surface area contributed by atoms with Gasteiger partial charge in [0, 0.05) is 13.1 Å². The molecule has 0 amide bonds. The SMILES string of the molecule is CNc1cc(C(F)(F)F)cc(Oc2ccc(OC)cc2)n1. The number of anilines is 1. The highest BCUT2D eigenvalue weighted by atomic mass is 19.4. The fraction of sp³-hybridized carbons (Fsp3) is 0.214. The lowest BCUT2D eigenvalue weighted by atomic mass is 10.2. The van der Waals surface area contributed by atoms with E-state index in [2.05, 4.69) is 10.3 Å². The maximum Gasteiger partial charge on any atom is 0.416 e. The van der Waals surface area contributed by atoms with Crippen molar-refractivity contribution in [1.29, 1.82) is 0 Å². The number of hydrogen-bond acceptors (Lipinski definition) is 4. The van der Waals surface area contributed by atoms with Gasteiger partial charge in [-0.1, -0.05) is 0 Å². The van der Waals surface area contributed by atoms with Crippen LogP contribution in [0.5, 0.6) is 17.4 Å². The number of halogens is 3. The van der Waals surface area contributed by atoms with Crippen molar-refractivity contribution in [2.75, 3.05) is 19.5 Å². The molecule has 4 nitrogen and oxygen atoms in total. The van der Waals surface area contributed by atoms with Crippen molar-refractivity contribution in [3.63, 3.8) is 0 Å². The highest BCUT2D eigenvalue weighted by Gasteiger charge is 2.32. The van der Waals surface area contributed by atoms with Crippen molar-refractivity contribution >= 4 is 5.82 Å². The van der Waals surface area contributed by atoms with Gasteiger partial charge in [0.05, 0.1) is 12.7 Å². The zero-order valence-electron chi connectivity index (χ0n) is 11.4. The monoisotopic (exact) mass is 298 g/mol. The molecule has 0 saturated carbocycles. The summed E-state index contributed by atoms with van der Waals surface area (Å²) in [7, 11) is 3.00. The molecule has 1 N–H and O–H groups in total. The summed E-state index contributed by atoms with van der Waals surface area (Å²) >= 11 is 0. The Bertz CT molecular complexity index is 613. The predicted octanol–water partition coefficient (Wildman–Crippen LogP) is 3.94. The van der Waals surface area contributed by atoms with E-state index in [0.29, 0.717) is 11.5 Å². The van der Waals surface area contributed by atoms with E-state index in [1.807, 2.05) is 0 Å². The Labute approximate surface area is 119 Å². The van der Waals surface area contributed by atoms with E-state index in [-0.39, 0.29) is 11.7 Å². The molecule has 7 heteroatoms. The number of benzene rings is 1. The van der Waals surface area contributed by atoms with Crippen molar-refractivity contribution in [3.05, 3.63) is 42.0 Å². The largest absolute Gasteiger partial charge is 0.497 e. The van der Waals surface area contributed by atoms with Crippen LogP contribution >= 0.6 is 0 Å². The molecular formula is C14H13F3N2O2. The third-order valence-corrected chi connectivity index (χ3v) is 2.67. The predicted molar refractivity (Wildman–Crippen MR) is 71.9 cm³/mol. The Morgan fingerprint density at radius 1 is 1.05 bits per heavy atom. The highest BCUT2D eigenvalue weighted by molar-refractivity contribution is 5.43. The van der Waals surface area contributed by atoms with Crippen LogP contribution in [0.2, 0.25) is 0 Å². The van der Waals surface area contributed by atoms with E-state index in [1.165, 1.54) is 14.2 Å². The zero-order chi connectivity index (χ0) is 15.5. The summed E-state index contributed by atoms with van der Waals surface area (Å²) in [5.74, 6) is 0.924. The zero-order valence-corrected chi connectivity index (χ0v) is 11.4. The van der Waals surface area contributed by atoms with Gasteiger partial charge in [-0.25, -0.2) is 0 Å². The number of pyridine rings is 1. The summed E-state index contributed by atoms with van der Waals surface area (Å²) in [5.41, 5.74) is -0.828. The van der Waals surface area contributed by atoms with E-state index >= 15 is 0 Å². The molecule has 0 atom stereocenters. The number of nitrogens with zero attached hydrogens (tertiary/aromatic N) is 1. The van der Waals surface area contributed by atoms with Crippen LogP contribution in [0, 0.1) is 0 Å². The minimum Gasteiger partial charge on any atom is -0.497 e. The number of nitrogens with one attached hydrogen (secondary N) is 1. The van der Waals surface area contributed by atoms with Gasteiger partial charge in [0.25, 0.3) is 0 Å². The lowest BCUT2D eigenvalue weighted by molar-refractivity contribution is -0.137.